The Morgan fingerprint density at radius 3 is 2.19 bits per heavy atom. The molecule has 27 heavy (non-hydrogen) atoms. The first-order valence-corrected chi connectivity index (χ1v) is 8.41. The minimum absolute atomic E-state index is 0.0381. The lowest BCUT2D eigenvalue weighted by Crippen LogP contribution is -2.33. The number of anilines is 2. The minimum atomic E-state index is -4.48. The molecule has 0 aliphatic carbocycles. The van der Waals surface area contributed by atoms with E-state index in [2.05, 4.69) is 5.32 Å². The first-order valence-electron chi connectivity index (χ1n) is 8.41. The molecule has 0 aromatic heterocycles. The van der Waals surface area contributed by atoms with Gasteiger partial charge in [-0.2, -0.15) is 13.2 Å². The van der Waals surface area contributed by atoms with E-state index in [-0.39, 0.29) is 24.6 Å². The molecule has 0 aliphatic rings. The smallest absolute Gasteiger partial charge is 0.326 e. The Morgan fingerprint density at radius 2 is 1.63 bits per heavy atom. The number of hydrogen-bond donors (Lipinski definition) is 1. The fourth-order valence-electron chi connectivity index (χ4n) is 2.87. The predicted molar refractivity (Wildman–Crippen MR) is 98.6 cm³/mol. The van der Waals surface area contributed by atoms with Gasteiger partial charge in [0.05, 0.1) is 5.56 Å². The lowest BCUT2D eigenvalue weighted by atomic mass is 10.1. The maximum Gasteiger partial charge on any atom is 0.416 e. The van der Waals surface area contributed by atoms with E-state index >= 15 is 0 Å². The number of carbonyl (C=O) groups excluding carboxylic acids is 2. The van der Waals surface area contributed by atoms with E-state index < -0.39 is 17.6 Å². The van der Waals surface area contributed by atoms with E-state index in [0.717, 1.165) is 28.9 Å². The monoisotopic (exact) mass is 378 g/mol. The van der Waals surface area contributed by atoms with Gasteiger partial charge in [0, 0.05) is 31.3 Å². The van der Waals surface area contributed by atoms with Crippen molar-refractivity contribution in [2.45, 2.75) is 33.4 Å². The molecule has 0 saturated carbocycles. The number of rotatable bonds is 5. The molecular weight excluding hydrogens is 357 g/mol. The second-order valence-electron chi connectivity index (χ2n) is 6.29. The molecule has 1 N–H and O–H groups in total. The highest BCUT2D eigenvalue weighted by Gasteiger charge is 2.30. The second-order valence-corrected chi connectivity index (χ2v) is 6.29. The highest BCUT2D eigenvalue weighted by atomic mass is 19.4. The largest absolute Gasteiger partial charge is 0.416 e. The summed E-state index contributed by atoms with van der Waals surface area (Å²) in [4.78, 5) is 25.7. The van der Waals surface area contributed by atoms with Crippen molar-refractivity contribution >= 4 is 23.2 Å². The number of aryl methyl sites for hydroxylation is 2. The Hall–Kier alpha value is -2.83. The SMILES string of the molecule is CC(=O)N(CCC(=O)Nc1cccc(C(F)(F)F)c1)c1c(C)cccc1C. The third-order valence-corrected chi connectivity index (χ3v) is 4.13. The van der Waals surface area contributed by atoms with Crippen LogP contribution in [0.1, 0.15) is 30.0 Å². The van der Waals surface area contributed by atoms with Crippen LogP contribution in [-0.4, -0.2) is 18.4 Å². The summed E-state index contributed by atoms with van der Waals surface area (Å²) in [5, 5.41) is 2.45. The Labute approximate surface area is 156 Å². The van der Waals surface area contributed by atoms with Crippen LogP contribution >= 0.6 is 0 Å². The van der Waals surface area contributed by atoms with Crippen molar-refractivity contribution in [3.8, 4) is 0 Å². The molecule has 4 nitrogen and oxygen atoms in total. The summed E-state index contributed by atoms with van der Waals surface area (Å²) in [7, 11) is 0. The van der Waals surface area contributed by atoms with Gasteiger partial charge in [0.2, 0.25) is 11.8 Å². The highest BCUT2D eigenvalue weighted by molar-refractivity contribution is 5.95. The Bertz CT molecular complexity index is 827. The standard InChI is InChI=1S/C20H21F3N2O2/c1-13-6-4-7-14(2)19(13)25(15(3)26)11-10-18(27)24-17-9-5-8-16(12-17)20(21,22)23/h4-9,12H,10-11H2,1-3H3,(H,24,27). The third-order valence-electron chi connectivity index (χ3n) is 4.13. The van der Waals surface area contributed by atoms with Crippen LogP contribution in [-0.2, 0) is 15.8 Å². The van der Waals surface area contributed by atoms with Gasteiger partial charge < -0.3 is 10.2 Å². The summed E-state index contributed by atoms with van der Waals surface area (Å²) >= 11 is 0. The summed E-state index contributed by atoms with van der Waals surface area (Å²) < 4.78 is 38.3. The van der Waals surface area contributed by atoms with E-state index in [0.29, 0.717) is 0 Å². The zero-order valence-electron chi connectivity index (χ0n) is 15.4. The van der Waals surface area contributed by atoms with Gasteiger partial charge >= 0.3 is 6.18 Å². The van der Waals surface area contributed by atoms with Crippen LogP contribution in [0.2, 0.25) is 0 Å². The number of amides is 2. The summed E-state index contributed by atoms with van der Waals surface area (Å²) in [5.41, 5.74) is 1.79. The van der Waals surface area contributed by atoms with Gasteiger partial charge in [-0.1, -0.05) is 24.3 Å². The van der Waals surface area contributed by atoms with Gasteiger partial charge in [0.25, 0.3) is 0 Å². The fraction of sp³-hybridized carbons (Fsp3) is 0.300. The molecule has 0 saturated heterocycles. The summed E-state index contributed by atoms with van der Waals surface area (Å²) in [6.45, 7) is 5.30. The lowest BCUT2D eigenvalue weighted by Gasteiger charge is -2.25. The van der Waals surface area contributed by atoms with E-state index in [9.17, 15) is 22.8 Å². The van der Waals surface area contributed by atoms with Gasteiger partial charge in [-0.25, -0.2) is 0 Å². The molecule has 0 bridgehead atoms. The molecule has 0 heterocycles. The van der Waals surface area contributed by atoms with Crippen LogP contribution in [0.5, 0.6) is 0 Å². The van der Waals surface area contributed by atoms with Gasteiger partial charge in [-0.05, 0) is 43.2 Å². The molecule has 0 radical (unpaired) electrons. The number of para-hydroxylation sites is 1. The summed E-state index contributed by atoms with van der Waals surface area (Å²) in [6, 6.07) is 10.1. The van der Waals surface area contributed by atoms with Crippen LogP contribution in [0.25, 0.3) is 0 Å². The molecule has 2 amide bonds. The number of benzene rings is 2. The lowest BCUT2D eigenvalue weighted by molar-refractivity contribution is -0.137. The molecule has 0 aliphatic heterocycles. The molecule has 2 aromatic carbocycles. The molecular formula is C20H21F3N2O2. The molecule has 2 rings (SSSR count). The molecule has 7 heteroatoms. The zero-order chi connectivity index (χ0) is 20.2. The molecule has 144 valence electrons. The van der Waals surface area contributed by atoms with Crippen LogP contribution < -0.4 is 10.2 Å². The van der Waals surface area contributed by atoms with E-state index in [1.807, 2.05) is 32.0 Å². The van der Waals surface area contributed by atoms with Crippen molar-refractivity contribution in [2.75, 3.05) is 16.8 Å². The van der Waals surface area contributed by atoms with Crippen molar-refractivity contribution in [1.82, 2.24) is 0 Å². The fourth-order valence-corrected chi connectivity index (χ4v) is 2.87. The van der Waals surface area contributed by atoms with E-state index in [1.165, 1.54) is 24.0 Å². The Kier molecular flexibility index (Phi) is 6.25. The summed E-state index contributed by atoms with van der Waals surface area (Å²) in [5.74, 6) is -0.675. The number of carbonyl (C=O) groups is 2. The Balaban J connectivity index is 2.08. The van der Waals surface area contributed by atoms with Gasteiger partial charge in [-0.3, -0.25) is 9.59 Å². The van der Waals surface area contributed by atoms with Crippen LogP contribution in [0, 0.1) is 13.8 Å². The van der Waals surface area contributed by atoms with Gasteiger partial charge in [0.1, 0.15) is 0 Å². The first kappa shape index (κ1) is 20.5. The van der Waals surface area contributed by atoms with Crippen LogP contribution in [0.15, 0.2) is 42.5 Å². The average Bonchev–Trinajstić information content (AvgIpc) is 2.56. The van der Waals surface area contributed by atoms with Crippen molar-refractivity contribution in [1.29, 1.82) is 0 Å². The maximum atomic E-state index is 12.8. The number of nitrogens with one attached hydrogen (secondary N) is 1. The van der Waals surface area contributed by atoms with Crippen molar-refractivity contribution in [3.63, 3.8) is 0 Å². The van der Waals surface area contributed by atoms with Crippen molar-refractivity contribution in [2.24, 2.45) is 0 Å². The van der Waals surface area contributed by atoms with Crippen molar-refractivity contribution in [3.05, 3.63) is 59.2 Å². The van der Waals surface area contributed by atoms with E-state index in [4.69, 9.17) is 0 Å². The van der Waals surface area contributed by atoms with Gasteiger partial charge in [0.15, 0.2) is 0 Å². The molecule has 0 unspecified atom stereocenters. The maximum absolute atomic E-state index is 12.8. The molecule has 0 spiro atoms. The molecule has 2 aromatic rings. The number of hydrogen-bond acceptors (Lipinski definition) is 2. The average molecular weight is 378 g/mol. The first-order chi connectivity index (χ1) is 12.6. The number of alkyl halides is 3. The second kappa shape index (κ2) is 8.24. The highest BCUT2D eigenvalue weighted by Crippen LogP contribution is 2.30. The van der Waals surface area contributed by atoms with Gasteiger partial charge in [-0.15, -0.1) is 0 Å². The Morgan fingerprint density at radius 1 is 1.04 bits per heavy atom. The van der Waals surface area contributed by atoms with Crippen LogP contribution in [0.4, 0.5) is 24.5 Å². The third kappa shape index (κ3) is 5.32. The number of halogens is 3. The van der Waals surface area contributed by atoms with E-state index in [1.54, 1.807) is 0 Å². The minimum Gasteiger partial charge on any atom is -0.326 e. The predicted octanol–water partition coefficient (Wildman–Crippen LogP) is 4.70. The quantitative estimate of drug-likeness (QED) is 0.820. The molecule has 0 fully saturated rings. The molecule has 0 atom stereocenters. The normalized spacial score (nSPS) is 11.2. The number of nitrogens with zero attached hydrogens (tertiary/aromatic N) is 1. The topological polar surface area (TPSA) is 49.4 Å². The van der Waals surface area contributed by atoms with Crippen molar-refractivity contribution < 1.29 is 22.8 Å². The zero-order valence-corrected chi connectivity index (χ0v) is 15.4. The van der Waals surface area contributed by atoms with Crippen LogP contribution in [0.3, 0.4) is 0 Å². The summed E-state index contributed by atoms with van der Waals surface area (Å²) in [6.07, 6.45) is -4.52.